The van der Waals surface area contributed by atoms with Crippen LogP contribution >= 0.6 is 19.5 Å². The first-order valence-electron chi connectivity index (χ1n) is 6.99. The second kappa shape index (κ2) is 7.25. The number of rotatable bonds is 3. The smallest absolute Gasteiger partial charge is 0.161 e. The van der Waals surface area contributed by atoms with Crippen molar-refractivity contribution in [2.45, 2.75) is 0 Å². The molecule has 0 aliphatic heterocycles. The van der Waals surface area contributed by atoms with Crippen molar-refractivity contribution in [2.24, 2.45) is 0 Å². The second-order valence-electron chi connectivity index (χ2n) is 5.09. The highest BCUT2D eigenvalue weighted by atomic mass is 35.5. The lowest BCUT2D eigenvalue weighted by Crippen LogP contribution is -2.28. The van der Waals surface area contributed by atoms with Gasteiger partial charge in [-0.2, -0.15) is 0 Å². The van der Waals surface area contributed by atoms with Gasteiger partial charge in [0.25, 0.3) is 0 Å². The average Bonchev–Trinajstić information content (AvgIpc) is 2.57. The summed E-state index contributed by atoms with van der Waals surface area (Å²) in [6.45, 7) is 0. The molecular weight excluding hydrogens is 399 g/mol. The largest absolute Gasteiger partial charge is 0.236 e. The van der Waals surface area contributed by atoms with E-state index in [1.165, 1.54) is 18.2 Å². The lowest BCUT2D eigenvalue weighted by molar-refractivity contribution is 0.497. The van der Waals surface area contributed by atoms with Crippen molar-refractivity contribution < 1.29 is 26.3 Å². The maximum atomic E-state index is 14.3. The van der Waals surface area contributed by atoms with E-state index >= 15 is 0 Å². The number of halogens is 7. The van der Waals surface area contributed by atoms with Crippen LogP contribution in [0.15, 0.2) is 42.5 Å². The zero-order valence-electron chi connectivity index (χ0n) is 12.6. The van der Waals surface area contributed by atoms with Gasteiger partial charge < -0.3 is 0 Å². The molecule has 1 aromatic heterocycles. The standard InChI is InChI=1S/C17H7ClF6NP/c18-16-2-1-3-17(25-16)26(14-6-10(21)8(19)4-12(14)23)15-7-11(22)9(20)5-13(15)24/h1-7H. The number of pyridine rings is 1. The van der Waals surface area contributed by atoms with Gasteiger partial charge in [0.1, 0.15) is 16.8 Å². The topological polar surface area (TPSA) is 12.9 Å². The molecule has 0 bridgehead atoms. The molecule has 9 heteroatoms. The molecule has 0 amide bonds. The van der Waals surface area contributed by atoms with E-state index in [1.54, 1.807) is 0 Å². The van der Waals surface area contributed by atoms with Gasteiger partial charge in [-0.05, 0) is 24.3 Å². The van der Waals surface area contributed by atoms with Crippen molar-refractivity contribution in [1.82, 2.24) is 4.98 Å². The van der Waals surface area contributed by atoms with Crippen LogP contribution in [-0.2, 0) is 0 Å². The van der Waals surface area contributed by atoms with Crippen molar-refractivity contribution in [3.05, 3.63) is 82.5 Å². The van der Waals surface area contributed by atoms with Gasteiger partial charge >= 0.3 is 0 Å². The zero-order valence-corrected chi connectivity index (χ0v) is 14.2. The molecule has 0 fully saturated rings. The van der Waals surface area contributed by atoms with E-state index in [0.717, 1.165) is 0 Å². The number of hydrogen-bond donors (Lipinski definition) is 0. The minimum absolute atomic E-state index is 0.00214. The highest BCUT2D eigenvalue weighted by molar-refractivity contribution is 7.79. The fraction of sp³-hybridized carbons (Fsp3) is 0. The summed E-state index contributed by atoms with van der Waals surface area (Å²) in [5.74, 6) is -7.99. The van der Waals surface area contributed by atoms with Gasteiger partial charge in [-0.3, -0.25) is 0 Å². The molecular formula is C17H7ClF6NP. The molecule has 0 unspecified atom stereocenters. The maximum Gasteiger partial charge on any atom is 0.161 e. The highest BCUT2D eigenvalue weighted by Gasteiger charge is 2.27. The molecule has 0 aliphatic carbocycles. The van der Waals surface area contributed by atoms with Gasteiger partial charge in [0.05, 0.1) is 5.44 Å². The van der Waals surface area contributed by atoms with Gasteiger partial charge in [-0.15, -0.1) is 0 Å². The normalized spacial score (nSPS) is 11.2. The molecule has 0 radical (unpaired) electrons. The van der Waals surface area contributed by atoms with Crippen LogP contribution in [-0.4, -0.2) is 4.98 Å². The molecule has 0 spiro atoms. The third-order valence-corrected chi connectivity index (χ3v) is 5.96. The van der Waals surface area contributed by atoms with Crippen molar-refractivity contribution >= 4 is 35.6 Å². The Balaban J connectivity index is 2.31. The van der Waals surface area contributed by atoms with Crippen molar-refractivity contribution in [3.8, 4) is 0 Å². The molecule has 0 aliphatic rings. The Morgan fingerprint density at radius 1 is 0.654 bits per heavy atom. The van der Waals surface area contributed by atoms with Gasteiger partial charge in [-0.1, -0.05) is 17.7 Å². The minimum Gasteiger partial charge on any atom is -0.236 e. The average molecular weight is 406 g/mol. The Hall–Kier alpha value is -2.11. The van der Waals surface area contributed by atoms with Gasteiger partial charge in [-0.25, -0.2) is 31.3 Å². The fourth-order valence-electron chi connectivity index (χ4n) is 2.27. The summed E-state index contributed by atoms with van der Waals surface area (Å²) >= 11 is 5.80. The Morgan fingerprint density at radius 2 is 1.12 bits per heavy atom. The quantitative estimate of drug-likeness (QED) is 0.274. The zero-order chi connectivity index (χ0) is 19.0. The minimum atomic E-state index is -2.32. The summed E-state index contributed by atoms with van der Waals surface area (Å²) in [6, 6.07) is 5.83. The van der Waals surface area contributed by atoms with Crippen molar-refractivity contribution in [2.75, 3.05) is 0 Å². The third-order valence-electron chi connectivity index (χ3n) is 3.39. The molecule has 1 nitrogen and oxygen atoms in total. The van der Waals surface area contributed by atoms with Crippen molar-refractivity contribution in [1.29, 1.82) is 0 Å². The lowest BCUT2D eigenvalue weighted by Gasteiger charge is -2.20. The SMILES string of the molecule is Fc1cc(F)c(P(c2cccc(Cl)n2)c2cc(F)c(F)cc2F)cc1F. The number of nitrogens with zero attached hydrogens (tertiary/aromatic N) is 1. The molecule has 26 heavy (non-hydrogen) atoms. The van der Waals surface area contributed by atoms with Crippen LogP contribution in [0.2, 0.25) is 5.15 Å². The number of aromatic nitrogens is 1. The lowest BCUT2D eigenvalue weighted by atomic mass is 10.3. The van der Waals surface area contributed by atoms with E-state index in [1.807, 2.05) is 0 Å². The second-order valence-corrected chi connectivity index (χ2v) is 7.57. The van der Waals surface area contributed by atoms with Crippen LogP contribution in [0.5, 0.6) is 0 Å². The molecule has 2 aromatic carbocycles. The Bertz CT molecular complexity index is 940. The van der Waals surface area contributed by atoms with E-state index in [9.17, 15) is 26.3 Å². The predicted molar refractivity (Wildman–Crippen MR) is 87.7 cm³/mol. The molecule has 0 saturated carbocycles. The van der Waals surface area contributed by atoms with Gasteiger partial charge in [0.2, 0.25) is 0 Å². The van der Waals surface area contributed by atoms with Crippen LogP contribution in [0.1, 0.15) is 0 Å². The fourth-order valence-corrected chi connectivity index (χ4v) is 4.73. The van der Waals surface area contributed by atoms with E-state index in [2.05, 4.69) is 4.98 Å². The number of benzene rings is 2. The van der Waals surface area contributed by atoms with Crippen LogP contribution in [0.3, 0.4) is 0 Å². The summed E-state index contributed by atoms with van der Waals surface area (Å²) in [5.41, 5.74) is 0.00214. The molecule has 0 saturated heterocycles. The van der Waals surface area contributed by atoms with Crippen LogP contribution in [0, 0.1) is 34.9 Å². The van der Waals surface area contributed by atoms with E-state index in [0.29, 0.717) is 24.3 Å². The van der Waals surface area contributed by atoms with Crippen LogP contribution < -0.4 is 16.0 Å². The van der Waals surface area contributed by atoms with Gasteiger partial charge in [0.15, 0.2) is 23.3 Å². The molecule has 1 heterocycles. The first-order valence-corrected chi connectivity index (χ1v) is 8.71. The Labute approximate surface area is 150 Å². The summed E-state index contributed by atoms with van der Waals surface area (Å²) in [5, 5.41) is -0.918. The van der Waals surface area contributed by atoms with Crippen molar-refractivity contribution in [3.63, 3.8) is 0 Å². The molecule has 3 rings (SSSR count). The van der Waals surface area contributed by atoms with E-state index in [4.69, 9.17) is 11.6 Å². The van der Waals surface area contributed by atoms with Crippen LogP contribution in [0.25, 0.3) is 0 Å². The Morgan fingerprint density at radius 3 is 1.58 bits per heavy atom. The maximum absolute atomic E-state index is 14.3. The summed E-state index contributed by atoms with van der Waals surface area (Å²) < 4.78 is 82.5. The van der Waals surface area contributed by atoms with E-state index in [-0.39, 0.29) is 10.6 Å². The first kappa shape index (κ1) is 18.7. The summed E-state index contributed by atoms with van der Waals surface area (Å²) in [7, 11) is -2.32. The van der Waals surface area contributed by atoms with Crippen LogP contribution in [0.4, 0.5) is 26.3 Å². The summed E-state index contributed by atoms with van der Waals surface area (Å²) in [4.78, 5) is 3.94. The first-order chi connectivity index (χ1) is 12.3. The molecule has 134 valence electrons. The molecule has 3 aromatic rings. The van der Waals surface area contributed by atoms with E-state index < -0.39 is 53.4 Å². The highest BCUT2D eigenvalue weighted by Crippen LogP contribution is 2.35. The monoisotopic (exact) mass is 405 g/mol. The number of hydrogen-bond acceptors (Lipinski definition) is 1. The molecule has 0 atom stereocenters. The predicted octanol–water partition coefficient (Wildman–Crippen LogP) is 4.33. The Kier molecular flexibility index (Phi) is 5.21. The summed E-state index contributed by atoms with van der Waals surface area (Å²) in [6.07, 6.45) is 0. The third kappa shape index (κ3) is 3.55. The molecule has 0 N–H and O–H groups in total. The van der Waals surface area contributed by atoms with Gasteiger partial charge in [0, 0.05) is 30.7 Å².